The molecule has 1 saturated heterocycles. The number of esters is 2. The monoisotopic (exact) mass is 331 g/mol. The number of benzene rings is 1. The summed E-state index contributed by atoms with van der Waals surface area (Å²) in [5.74, 6) is -0.500. The fourth-order valence-electron chi connectivity index (χ4n) is 4.22. The van der Waals surface area contributed by atoms with Crippen LogP contribution in [0.25, 0.3) is 0 Å². The van der Waals surface area contributed by atoms with E-state index in [4.69, 9.17) is 9.47 Å². The Labute approximate surface area is 142 Å². The van der Waals surface area contributed by atoms with Gasteiger partial charge in [0.15, 0.2) is 0 Å². The van der Waals surface area contributed by atoms with Crippen molar-refractivity contribution in [1.82, 2.24) is 4.90 Å². The van der Waals surface area contributed by atoms with Gasteiger partial charge in [0.1, 0.15) is 0 Å². The number of nitrogens with zero attached hydrogens (tertiary/aromatic N) is 1. The molecule has 0 bridgehead atoms. The second-order valence-electron chi connectivity index (χ2n) is 6.74. The first kappa shape index (κ1) is 17.0. The molecule has 1 heterocycles. The van der Waals surface area contributed by atoms with Gasteiger partial charge in [-0.25, -0.2) is 0 Å². The standard InChI is InChI=1S/C19H25NO4/c1-3-23-16(21)18-10-11-19(18,17(22)24-4-2)14-20(13-18)12-15-8-6-5-7-9-15/h5-9H,3-4,10-14H2,1-2H3/t18-,19+. The minimum atomic E-state index is -0.746. The largest absolute Gasteiger partial charge is 0.465 e. The van der Waals surface area contributed by atoms with Crippen LogP contribution in [0.4, 0.5) is 0 Å². The molecule has 0 amide bonds. The lowest BCUT2D eigenvalue weighted by atomic mass is 9.51. The highest BCUT2D eigenvalue weighted by Crippen LogP contribution is 2.62. The van der Waals surface area contributed by atoms with Gasteiger partial charge in [-0.1, -0.05) is 30.3 Å². The maximum Gasteiger partial charge on any atom is 0.314 e. The number of hydrogen-bond acceptors (Lipinski definition) is 5. The third kappa shape index (κ3) is 2.51. The Bertz CT molecular complexity index is 583. The van der Waals surface area contributed by atoms with Crippen molar-refractivity contribution in [2.75, 3.05) is 26.3 Å². The van der Waals surface area contributed by atoms with Crippen molar-refractivity contribution in [3.8, 4) is 0 Å². The molecule has 2 aliphatic rings. The van der Waals surface area contributed by atoms with E-state index in [0.29, 0.717) is 39.1 Å². The second-order valence-corrected chi connectivity index (χ2v) is 6.74. The number of carbonyl (C=O) groups is 2. The van der Waals surface area contributed by atoms with Gasteiger partial charge in [0, 0.05) is 19.6 Å². The van der Waals surface area contributed by atoms with Crippen molar-refractivity contribution in [2.45, 2.75) is 33.2 Å². The van der Waals surface area contributed by atoms with Gasteiger partial charge in [-0.05, 0) is 32.3 Å². The minimum Gasteiger partial charge on any atom is -0.465 e. The molecule has 1 aliphatic carbocycles. The molecule has 2 fully saturated rings. The summed E-state index contributed by atoms with van der Waals surface area (Å²) in [6.07, 6.45) is 1.38. The van der Waals surface area contributed by atoms with E-state index < -0.39 is 10.8 Å². The fraction of sp³-hybridized carbons (Fsp3) is 0.579. The predicted octanol–water partition coefficient (Wildman–Crippen LogP) is 2.40. The van der Waals surface area contributed by atoms with E-state index in [9.17, 15) is 9.59 Å². The summed E-state index contributed by atoms with van der Waals surface area (Å²) >= 11 is 0. The van der Waals surface area contributed by atoms with Gasteiger partial charge in [0.05, 0.1) is 24.0 Å². The Balaban J connectivity index is 1.85. The van der Waals surface area contributed by atoms with Crippen molar-refractivity contribution in [1.29, 1.82) is 0 Å². The Morgan fingerprint density at radius 2 is 1.46 bits per heavy atom. The van der Waals surface area contributed by atoms with E-state index >= 15 is 0 Å². The highest BCUT2D eigenvalue weighted by Gasteiger charge is 2.73. The molecule has 5 nitrogen and oxygen atoms in total. The first-order chi connectivity index (χ1) is 11.6. The van der Waals surface area contributed by atoms with Gasteiger partial charge in [0.2, 0.25) is 0 Å². The molecule has 5 heteroatoms. The van der Waals surface area contributed by atoms with Crippen molar-refractivity contribution in [3.63, 3.8) is 0 Å². The van der Waals surface area contributed by atoms with Crippen LogP contribution in [0.1, 0.15) is 32.3 Å². The van der Waals surface area contributed by atoms with Crippen LogP contribution in [0.5, 0.6) is 0 Å². The van der Waals surface area contributed by atoms with E-state index in [1.807, 2.05) is 18.2 Å². The zero-order valence-electron chi connectivity index (χ0n) is 14.4. The first-order valence-electron chi connectivity index (χ1n) is 8.69. The molecule has 0 radical (unpaired) electrons. The molecule has 0 aromatic heterocycles. The SMILES string of the molecule is CCOC(=O)[C@@]12CC[C@]1(C(=O)OCC)CN(Cc1ccccc1)C2. The summed E-state index contributed by atoms with van der Waals surface area (Å²) in [5, 5.41) is 0. The number of likely N-dealkylation sites (tertiary alicyclic amines) is 1. The van der Waals surface area contributed by atoms with Crippen molar-refractivity contribution in [2.24, 2.45) is 10.8 Å². The van der Waals surface area contributed by atoms with E-state index in [1.54, 1.807) is 13.8 Å². The summed E-state index contributed by atoms with van der Waals surface area (Å²) < 4.78 is 10.7. The second kappa shape index (κ2) is 6.55. The van der Waals surface area contributed by atoms with Gasteiger partial charge in [0.25, 0.3) is 0 Å². The Kier molecular flexibility index (Phi) is 4.63. The van der Waals surface area contributed by atoms with Crippen LogP contribution in [0.3, 0.4) is 0 Å². The van der Waals surface area contributed by atoms with Crippen LogP contribution >= 0.6 is 0 Å². The zero-order valence-corrected chi connectivity index (χ0v) is 14.4. The van der Waals surface area contributed by atoms with E-state index in [2.05, 4.69) is 17.0 Å². The molecule has 3 rings (SSSR count). The molecule has 1 aromatic carbocycles. The van der Waals surface area contributed by atoms with Crippen LogP contribution in [0.15, 0.2) is 30.3 Å². The minimum absolute atomic E-state index is 0.250. The molecule has 2 atom stereocenters. The molecule has 0 N–H and O–H groups in total. The van der Waals surface area contributed by atoms with E-state index in [0.717, 1.165) is 6.54 Å². The molecular weight excluding hydrogens is 306 g/mol. The topological polar surface area (TPSA) is 55.8 Å². The summed E-state index contributed by atoms with van der Waals surface area (Å²) in [6, 6.07) is 10.1. The highest BCUT2D eigenvalue weighted by atomic mass is 16.5. The molecular formula is C19H25NO4. The number of carbonyl (C=O) groups excluding carboxylic acids is 2. The summed E-state index contributed by atoms with van der Waals surface area (Å²) in [4.78, 5) is 27.6. The molecule has 0 unspecified atom stereocenters. The van der Waals surface area contributed by atoms with Gasteiger partial charge >= 0.3 is 11.9 Å². The highest BCUT2D eigenvalue weighted by molar-refractivity contribution is 5.92. The average Bonchev–Trinajstić information content (AvgIpc) is 2.78. The molecule has 1 aliphatic heterocycles. The van der Waals surface area contributed by atoms with Crippen LogP contribution in [0, 0.1) is 10.8 Å². The maximum atomic E-state index is 12.7. The predicted molar refractivity (Wildman–Crippen MR) is 89.1 cm³/mol. The molecule has 0 spiro atoms. The number of ether oxygens (including phenoxy) is 2. The van der Waals surface area contributed by atoms with Gasteiger partial charge in [-0.3, -0.25) is 14.5 Å². The number of fused-ring (bicyclic) bond motifs is 1. The quantitative estimate of drug-likeness (QED) is 0.749. The lowest BCUT2D eigenvalue weighted by Crippen LogP contribution is -2.60. The smallest absolute Gasteiger partial charge is 0.314 e. The Morgan fingerprint density at radius 3 is 1.88 bits per heavy atom. The molecule has 1 aromatic rings. The van der Waals surface area contributed by atoms with Gasteiger partial charge in [-0.2, -0.15) is 0 Å². The Hall–Kier alpha value is -1.88. The summed E-state index contributed by atoms with van der Waals surface area (Å²) in [7, 11) is 0. The third-order valence-electron chi connectivity index (χ3n) is 5.46. The number of hydrogen-bond donors (Lipinski definition) is 0. The van der Waals surface area contributed by atoms with Crippen molar-refractivity contribution >= 4 is 11.9 Å². The maximum absolute atomic E-state index is 12.7. The van der Waals surface area contributed by atoms with Crippen LogP contribution in [-0.2, 0) is 25.6 Å². The zero-order chi connectivity index (χ0) is 17.2. The van der Waals surface area contributed by atoms with Crippen molar-refractivity contribution < 1.29 is 19.1 Å². The van der Waals surface area contributed by atoms with Crippen LogP contribution < -0.4 is 0 Å². The first-order valence-corrected chi connectivity index (χ1v) is 8.69. The normalized spacial score (nSPS) is 28.8. The van der Waals surface area contributed by atoms with E-state index in [1.165, 1.54) is 5.56 Å². The number of rotatable bonds is 6. The molecule has 24 heavy (non-hydrogen) atoms. The third-order valence-corrected chi connectivity index (χ3v) is 5.46. The summed E-state index contributed by atoms with van der Waals surface area (Å²) in [5.41, 5.74) is -0.314. The average molecular weight is 331 g/mol. The van der Waals surface area contributed by atoms with Crippen LogP contribution in [-0.4, -0.2) is 43.1 Å². The van der Waals surface area contributed by atoms with E-state index in [-0.39, 0.29) is 11.9 Å². The lowest BCUT2D eigenvalue weighted by molar-refractivity contribution is -0.190. The van der Waals surface area contributed by atoms with Gasteiger partial charge in [-0.15, -0.1) is 0 Å². The fourth-order valence-corrected chi connectivity index (χ4v) is 4.22. The summed E-state index contributed by atoms with van der Waals surface area (Å²) in [6.45, 7) is 6.10. The van der Waals surface area contributed by atoms with Gasteiger partial charge < -0.3 is 9.47 Å². The molecule has 1 saturated carbocycles. The Morgan fingerprint density at radius 1 is 0.958 bits per heavy atom. The lowest BCUT2D eigenvalue weighted by Gasteiger charge is -2.49. The molecule has 130 valence electrons. The van der Waals surface area contributed by atoms with Crippen molar-refractivity contribution in [3.05, 3.63) is 35.9 Å². The van der Waals surface area contributed by atoms with Crippen LogP contribution in [0.2, 0.25) is 0 Å².